The number of carbonyl (C=O) groups excluding carboxylic acids is 4. The summed E-state index contributed by atoms with van der Waals surface area (Å²) in [5.74, 6) is -3.03. The van der Waals surface area contributed by atoms with Crippen molar-refractivity contribution in [2.45, 2.75) is 128 Å². The summed E-state index contributed by atoms with van der Waals surface area (Å²) in [4.78, 5) is 62.9. The van der Waals surface area contributed by atoms with Crippen LogP contribution in [0.3, 0.4) is 0 Å². The molecule has 2 bridgehead atoms. The maximum atomic E-state index is 16.1. The maximum absolute atomic E-state index is 16.1. The zero-order valence-electron chi connectivity index (χ0n) is 44.9. The number of hydrogen-bond donors (Lipinski definition) is 3. The fourth-order valence-electron chi connectivity index (χ4n) is 10.8. The molecule has 7 rings (SSSR count). The van der Waals surface area contributed by atoms with Crippen LogP contribution in [0.25, 0.3) is 0 Å². The van der Waals surface area contributed by atoms with E-state index >= 15 is 8.78 Å². The van der Waals surface area contributed by atoms with Crippen molar-refractivity contribution in [3.8, 4) is 11.8 Å². The lowest BCUT2D eigenvalue weighted by molar-refractivity contribution is -0.231. The number of ether oxygens (including phenoxy) is 4. The summed E-state index contributed by atoms with van der Waals surface area (Å²) in [6, 6.07) is 11.4. The van der Waals surface area contributed by atoms with E-state index in [-0.39, 0.29) is 12.3 Å². The van der Waals surface area contributed by atoms with Crippen LogP contribution < -0.4 is 15.6 Å². The third-order valence-electron chi connectivity index (χ3n) is 16.1. The molecule has 0 spiro atoms. The lowest BCUT2D eigenvalue weighted by Gasteiger charge is -2.47. The normalized spacial score (nSPS) is 20.1. The zero-order valence-corrected chi connectivity index (χ0v) is 44.9. The molecule has 0 radical (unpaired) electrons. The Bertz CT molecular complexity index is 2650. The van der Waals surface area contributed by atoms with Crippen LogP contribution in [0, 0.1) is 46.1 Å². The van der Waals surface area contributed by atoms with Gasteiger partial charge in [0.15, 0.2) is 5.78 Å². The first kappa shape index (κ1) is 60.7. The van der Waals surface area contributed by atoms with Crippen molar-refractivity contribution in [3.63, 3.8) is 0 Å². The maximum Gasteiger partial charge on any atom is 0.407 e. The van der Waals surface area contributed by atoms with Crippen LogP contribution in [0.2, 0.25) is 0 Å². The second-order valence-corrected chi connectivity index (χ2v) is 22.0. The average molecular weight is 1120 g/mol. The molecule has 0 aliphatic carbocycles. The van der Waals surface area contributed by atoms with Gasteiger partial charge in [0, 0.05) is 80.8 Å². The van der Waals surface area contributed by atoms with Crippen LogP contribution in [-0.2, 0) is 46.3 Å². The number of fused-ring (bicyclic) bond motifs is 2. The smallest absolute Gasteiger partial charge is 0.407 e. The molecule has 2 amide bonds. The number of hydrazine groups is 1. The Kier molecular flexibility index (Phi) is 19.4. The Hall–Kier alpha value is -5.93. The summed E-state index contributed by atoms with van der Waals surface area (Å²) in [7, 11) is 1.77. The number of Topliss-reactive ketones (excluding diaryl/α,β-unsaturated/α-hetero) is 1. The lowest BCUT2D eigenvalue weighted by Crippen LogP contribution is -2.62. The molecule has 5 heterocycles. The molecule has 15 nitrogen and oxygen atoms in total. The van der Waals surface area contributed by atoms with Gasteiger partial charge in [0.05, 0.1) is 62.7 Å². The molecule has 1 aromatic heterocycles. The first-order valence-corrected chi connectivity index (χ1v) is 26.2. The van der Waals surface area contributed by atoms with E-state index in [9.17, 15) is 50.6 Å². The van der Waals surface area contributed by atoms with E-state index in [1.54, 1.807) is 30.5 Å². The number of halogens is 8. The fourth-order valence-corrected chi connectivity index (χ4v) is 10.8. The van der Waals surface area contributed by atoms with Crippen molar-refractivity contribution >= 4 is 29.6 Å². The van der Waals surface area contributed by atoms with E-state index in [2.05, 4.69) is 36.5 Å². The fraction of sp³-hybridized carbons (Fsp3) is 0.589. The number of aliphatic hydroxyl groups is 1. The first-order valence-electron chi connectivity index (χ1n) is 26.2. The average Bonchev–Trinajstić information content (AvgIpc) is 3.81. The van der Waals surface area contributed by atoms with Crippen LogP contribution in [0.1, 0.15) is 100.0 Å². The Balaban J connectivity index is 1.17. The van der Waals surface area contributed by atoms with Gasteiger partial charge in [-0.05, 0) is 105 Å². The Morgan fingerprint density at radius 2 is 1.39 bits per heavy atom. The number of aromatic nitrogens is 1. The van der Waals surface area contributed by atoms with Crippen molar-refractivity contribution in [1.29, 1.82) is 0 Å². The van der Waals surface area contributed by atoms with Crippen LogP contribution in [0.15, 0.2) is 54.7 Å². The predicted molar refractivity (Wildman–Crippen MR) is 272 cm³/mol. The number of nitrogens with zero attached hydrogens (tertiary/aromatic N) is 4. The van der Waals surface area contributed by atoms with Gasteiger partial charge in [0.2, 0.25) is 5.91 Å². The van der Waals surface area contributed by atoms with E-state index in [1.807, 2.05) is 17.4 Å². The molecule has 0 saturated carbocycles. The summed E-state index contributed by atoms with van der Waals surface area (Å²) in [5, 5.41) is 14.9. The molecule has 432 valence electrons. The molecule has 6 atom stereocenters. The second kappa shape index (κ2) is 25.2. The van der Waals surface area contributed by atoms with Gasteiger partial charge in [-0.3, -0.25) is 24.7 Å². The second-order valence-electron chi connectivity index (χ2n) is 22.0. The lowest BCUT2D eigenvalue weighted by atomic mass is 9.75. The van der Waals surface area contributed by atoms with Gasteiger partial charge in [-0.2, -0.15) is 26.3 Å². The Morgan fingerprint density at radius 1 is 0.797 bits per heavy atom. The number of alkyl halides is 6. The minimum absolute atomic E-state index is 0.276. The number of pyridine rings is 1. The number of carbonyl (C=O) groups is 4. The molecule has 4 saturated heterocycles. The number of esters is 1. The number of rotatable bonds is 20. The van der Waals surface area contributed by atoms with Crippen molar-refractivity contribution in [2.75, 3.05) is 65.2 Å². The predicted octanol–water partition coefficient (Wildman–Crippen LogP) is 7.80. The highest BCUT2D eigenvalue weighted by molar-refractivity contribution is 5.88. The zero-order chi connectivity index (χ0) is 57.6. The number of methoxy groups -OCH3 is 2. The summed E-state index contributed by atoms with van der Waals surface area (Å²) in [6.45, 7) is 4.79. The van der Waals surface area contributed by atoms with Crippen molar-refractivity contribution in [1.82, 2.24) is 25.6 Å². The van der Waals surface area contributed by atoms with Crippen molar-refractivity contribution < 1.29 is 78.4 Å². The minimum atomic E-state index is -5.10. The van der Waals surface area contributed by atoms with Crippen LogP contribution in [-0.4, -0.2) is 147 Å². The van der Waals surface area contributed by atoms with Gasteiger partial charge >= 0.3 is 24.4 Å². The molecular formula is C56H68F8N6O9. The van der Waals surface area contributed by atoms with E-state index in [0.717, 1.165) is 76.3 Å². The molecule has 4 fully saturated rings. The van der Waals surface area contributed by atoms with Gasteiger partial charge < -0.3 is 34.3 Å². The number of ketones is 1. The van der Waals surface area contributed by atoms with Crippen LogP contribution in [0.5, 0.6) is 0 Å². The Morgan fingerprint density at radius 3 is 1.92 bits per heavy atom. The van der Waals surface area contributed by atoms with Crippen molar-refractivity contribution in [3.05, 3.63) is 94.2 Å². The molecule has 4 aliphatic heterocycles. The van der Waals surface area contributed by atoms with Gasteiger partial charge in [-0.25, -0.2) is 23.6 Å². The molecular weight excluding hydrogens is 1050 g/mol. The SMILES string of the molecule is COC(=O)C[C@H](C(=O)NN(Cc1c(F)cc(C2CCOCC2)cc1F)C[C@H](O)[C@@H](CC(=O)[C@@H](NC(=O)OC)C(C)(C)C(F)(F)F)Cc1ccc(C#Cc2ccc(N3CC4CCC(C3)N4C3COC3)nc2)cc1)C(C)(C)C(F)(F)F. The molecule has 79 heavy (non-hydrogen) atoms. The molecule has 2 aromatic carbocycles. The molecule has 23 heteroatoms. The largest absolute Gasteiger partial charge is 0.469 e. The highest BCUT2D eigenvalue weighted by Crippen LogP contribution is 2.46. The van der Waals surface area contributed by atoms with Crippen LogP contribution in [0.4, 0.5) is 45.7 Å². The molecule has 2 unspecified atom stereocenters. The molecule has 3 N–H and O–H groups in total. The Labute approximate surface area is 454 Å². The third kappa shape index (κ3) is 14.5. The monoisotopic (exact) mass is 1120 g/mol. The standard InChI is InChI=1S/C56H68F8N6O9/c1-53(2,55(59,60)61)43(25-49(73)76-5)51(74)67-69(29-42-44(57)22-37(23-45(42)58)36-17-19-78-20-18-36)30-47(72)38(24-46(71)50(66-52(75)77-6)54(3,4)56(62,63)64)21-34-10-7-33(8-11-34)9-12-35-13-16-48(65-26-35)68-27-39-14-15-40(28-68)70(39)41-31-79-32-41/h7-8,10-11,13,16,22-23,26,36,38-41,43,47,50,72H,14-15,17-21,24-25,27-32H2,1-6H3,(H,66,75)(H,67,74)/t38-,39?,40?,43-,47+,50-/m1/s1. The van der Waals surface area contributed by atoms with Gasteiger partial charge in [0.1, 0.15) is 23.5 Å². The number of amides is 2. The number of nitrogens with one attached hydrogen (secondary N) is 2. The summed E-state index contributed by atoms with van der Waals surface area (Å²) < 4.78 is 140. The summed E-state index contributed by atoms with van der Waals surface area (Å²) in [5.41, 5.74) is -2.45. The van der Waals surface area contributed by atoms with E-state index in [1.165, 1.54) is 0 Å². The molecule has 3 aromatic rings. The minimum Gasteiger partial charge on any atom is -0.469 e. The van der Waals surface area contributed by atoms with Gasteiger partial charge in [0.25, 0.3) is 0 Å². The topological polar surface area (TPSA) is 172 Å². The number of benzene rings is 2. The van der Waals surface area contributed by atoms with Crippen LogP contribution >= 0.6 is 0 Å². The first-order chi connectivity index (χ1) is 37.2. The quantitative estimate of drug-likeness (QED) is 0.0434. The van der Waals surface area contributed by atoms with Crippen molar-refractivity contribution in [2.24, 2.45) is 22.7 Å². The highest BCUT2D eigenvalue weighted by atomic mass is 19.4. The van der Waals surface area contributed by atoms with Gasteiger partial charge in [-0.15, -0.1) is 0 Å². The number of anilines is 1. The van der Waals surface area contributed by atoms with Gasteiger partial charge in [-0.1, -0.05) is 37.8 Å². The van der Waals surface area contributed by atoms with E-state index in [0.29, 0.717) is 94.1 Å². The highest BCUT2D eigenvalue weighted by Gasteiger charge is 2.57. The number of hydrogen-bond acceptors (Lipinski definition) is 13. The summed E-state index contributed by atoms with van der Waals surface area (Å²) in [6.07, 6.45) is -10.9. The summed E-state index contributed by atoms with van der Waals surface area (Å²) >= 11 is 0. The third-order valence-corrected chi connectivity index (χ3v) is 16.1. The molecule has 4 aliphatic rings. The van der Waals surface area contributed by atoms with E-state index in [4.69, 9.17) is 14.5 Å². The van der Waals surface area contributed by atoms with E-state index < -0.39 is 114 Å². The number of piperazine rings is 1. The number of aliphatic hydroxyl groups excluding tert-OH is 1. The number of alkyl carbamates (subject to hydrolysis) is 1.